The first-order chi connectivity index (χ1) is 10.8. The van der Waals surface area contributed by atoms with Gasteiger partial charge in [-0.05, 0) is 37.4 Å². The van der Waals surface area contributed by atoms with Crippen LogP contribution in [0.15, 0.2) is 28.1 Å². The lowest BCUT2D eigenvalue weighted by atomic mass is 10.2. The molecule has 1 aliphatic heterocycles. The highest BCUT2D eigenvalue weighted by atomic mass is 32.1. The van der Waals surface area contributed by atoms with E-state index in [4.69, 9.17) is 4.52 Å². The average Bonchev–Trinajstić information content (AvgIpc) is 3.15. The summed E-state index contributed by atoms with van der Waals surface area (Å²) in [6, 6.07) is 5.60. The zero-order chi connectivity index (χ0) is 15.2. The number of hydrogen-bond donors (Lipinski definition) is 1. The molecule has 1 aliphatic rings. The summed E-state index contributed by atoms with van der Waals surface area (Å²) in [6.45, 7) is 3.84. The Bertz CT molecular complexity index is 586. The molecule has 22 heavy (non-hydrogen) atoms. The molecular weight excluding hydrogens is 298 g/mol. The van der Waals surface area contributed by atoms with Crippen LogP contribution in [0.5, 0.6) is 0 Å². The van der Waals surface area contributed by atoms with Crippen LogP contribution in [0.1, 0.15) is 36.2 Å². The smallest absolute Gasteiger partial charge is 0.273 e. The van der Waals surface area contributed by atoms with Crippen molar-refractivity contribution in [1.29, 1.82) is 0 Å². The molecule has 3 heterocycles. The first kappa shape index (κ1) is 15.2. The molecule has 2 aromatic heterocycles. The number of hydrogen-bond acceptors (Lipinski definition) is 5. The highest BCUT2D eigenvalue weighted by Crippen LogP contribution is 2.24. The van der Waals surface area contributed by atoms with Crippen LogP contribution in [-0.2, 0) is 0 Å². The first-order valence-electron chi connectivity index (χ1n) is 7.84. The second-order valence-electron chi connectivity index (χ2n) is 5.57. The Labute approximate surface area is 134 Å². The van der Waals surface area contributed by atoms with Crippen molar-refractivity contribution in [3.8, 4) is 10.6 Å². The molecule has 3 rings (SSSR count). The lowest BCUT2D eigenvalue weighted by Gasteiger charge is -2.19. The molecule has 0 unspecified atom stereocenters. The summed E-state index contributed by atoms with van der Waals surface area (Å²) in [6.07, 6.45) is 5.18. The van der Waals surface area contributed by atoms with Crippen LogP contribution in [-0.4, -0.2) is 42.1 Å². The van der Waals surface area contributed by atoms with Gasteiger partial charge in [0.1, 0.15) is 0 Å². The maximum Gasteiger partial charge on any atom is 0.273 e. The summed E-state index contributed by atoms with van der Waals surface area (Å²) in [5.41, 5.74) is 0.347. The molecule has 5 nitrogen and oxygen atoms in total. The SMILES string of the molecule is O=C(NCCN1CCCCCC1)c1cc(-c2cccs2)on1. The maximum absolute atomic E-state index is 12.1. The number of carbonyl (C=O) groups excluding carboxylic acids is 1. The Morgan fingerprint density at radius 1 is 1.32 bits per heavy atom. The van der Waals surface area contributed by atoms with Crippen molar-refractivity contribution in [2.75, 3.05) is 26.2 Å². The summed E-state index contributed by atoms with van der Waals surface area (Å²) in [4.78, 5) is 15.5. The minimum absolute atomic E-state index is 0.165. The molecule has 2 aromatic rings. The molecule has 0 spiro atoms. The van der Waals surface area contributed by atoms with Gasteiger partial charge in [-0.25, -0.2) is 0 Å². The first-order valence-corrected chi connectivity index (χ1v) is 8.72. The van der Waals surface area contributed by atoms with Gasteiger partial charge >= 0.3 is 0 Å². The van der Waals surface area contributed by atoms with E-state index < -0.39 is 0 Å². The number of rotatable bonds is 5. The highest BCUT2D eigenvalue weighted by Gasteiger charge is 2.14. The van der Waals surface area contributed by atoms with E-state index in [0.717, 1.165) is 24.5 Å². The van der Waals surface area contributed by atoms with Gasteiger partial charge in [0.15, 0.2) is 11.5 Å². The Morgan fingerprint density at radius 3 is 2.86 bits per heavy atom. The van der Waals surface area contributed by atoms with E-state index in [2.05, 4.69) is 15.4 Å². The maximum atomic E-state index is 12.1. The lowest BCUT2D eigenvalue weighted by Crippen LogP contribution is -2.35. The van der Waals surface area contributed by atoms with Crippen molar-refractivity contribution in [1.82, 2.24) is 15.4 Å². The van der Waals surface area contributed by atoms with E-state index in [-0.39, 0.29) is 5.91 Å². The lowest BCUT2D eigenvalue weighted by molar-refractivity contribution is 0.0939. The second-order valence-corrected chi connectivity index (χ2v) is 6.51. The molecule has 118 valence electrons. The third-order valence-electron chi connectivity index (χ3n) is 3.92. The normalized spacial score (nSPS) is 16.4. The van der Waals surface area contributed by atoms with E-state index in [0.29, 0.717) is 18.0 Å². The summed E-state index contributed by atoms with van der Waals surface area (Å²) >= 11 is 1.57. The summed E-state index contributed by atoms with van der Waals surface area (Å²) in [5, 5.41) is 8.76. The van der Waals surface area contributed by atoms with Gasteiger partial charge in [-0.15, -0.1) is 11.3 Å². The standard InChI is InChI=1S/C16H21N3O2S/c20-16(17-7-10-19-8-3-1-2-4-9-19)13-12-14(21-18-13)15-6-5-11-22-15/h5-6,11-12H,1-4,7-10H2,(H,17,20). The highest BCUT2D eigenvalue weighted by molar-refractivity contribution is 7.13. The zero-order valence-electron chi connectivity index (χ0n) is 12.6. The molecule has 1 saturated heterocycles. The van der Waals surface area contributed by atoms with Gasteiger partial charge in [0, 0.05) is 19.2 Å². The van der Waals surface area contributed by atoms with Crippen LogP contribution >= 0.6 is 11.3 Å². The number of amides is 1. The minimum Gasteiger partial charge on any atom is -0.355 e. The van der Waals surface area contributed by atoms with Crippen molar-refractivity contribution in [2.24, 2.45) is 0 Å². The van der Waals surface area contributed by atoms with Crippen molar-refractivity contribution >= 4 is 17.2 Å². The van der Waals surface area contributed by atoms with Crippen LogP contribution in [0.3, 0.4) is 0 Å². The van der Waals surface area contributed by atoms with E-state index in [1.54, 1.807) is 17.4 Å². The number of nitrogens with one attached hydrogen (secondary N) is 1. The largest absolute Gasteiger partial charge is 0.355 e. The van der Waals surface area contributed by atoms with E-state index >= 15 is 0 Å². The predicted octanol–water partition coefficient (Wildman–Crippen LogP) is 3.01. The fourth-order valence-electron chi connectivity index (χ4n) is 2.69. The van der Waals surface area contributed by atoms with Gasteiger partial charge in [0.2, 0.25) is 0 Å². The molecule has 6 heteroatoms. The summed E-state index contributed by atoms with van der Waals surface area (Å²) < 4.78 is 5.23. The molecule has 1 amide bonds. The molecular formula is C16H21N3O2S. The molecule has 0 aliphatic carbocycles. The van der Waals surface area contributed by atoms with Crippen LogP contribution in [0.2, 0.25) is 0 Å². The molecule has 0 bridgehead atoms. The van der Waals surface area contributed by atoms with Gasteiger partial charge in [-0.2, -0.15) is 0 Å². The Hall–Kier alpha value is -1.66. The van der Waals surface area contributed by atoms with Crippen molar-refractivity contribution < 1.29 is 9.32 Å². The monoisotopic (exact) mass is 319 g/mol. The Balaban J connectivity index is 1.47. The molecule has 0 atom stereocenters. The molecule has 0 saturated carbocycles. The average molecular weight is 319 g/mol. The Morgan fingerprint density at radius 2 is 2.14 bits per heavy atom. The summed E-state index contributed by atoms with van der Waals surface area (Å²) in [5.74, 6) is 0.481. The quantitative estimate of drug-likeness (QED) is 0.920. The minimum atomic E-state index is -0.165. The van der Waals surface area contributed by atoms with Crippen molar-refractivity contribution in [2.45, 2.75) is 25.7 Å². The fraction of sp³-hybridized carbons (Fsp3) is 0.500. The van der Waals surface area contributed by atoms with Gasteiger partial charge in [-0.1, -0.05) is 24.1 Å². The van der Waals surface area contributed by atoms with Gasteiger partial charge < -0.3 is 14.7 Å². The van der Waals surface area contributed by atoms with Crippen LogP contribution in [0, 0.1) is 0 Å². The van der Waals surface area contributed by atoms with E-state index in [1.807, 2.05) is 17.5 Å². The second kappa shape index (κ2) is 7.56. The predicted molar refractivity (Wildman–Crippen MR) is 87.1 cm³/mol. The molecule has 1 fully saturated rings. The molecule has 0 aromatic carbocycles. The number of likely N-dealkylation sites (tertiary alicyclic amines) is 1. The number of nitrogens with zero attached hydrogens (tertiary/aromatic N) is 2. The van der Waals surface area contributed by atoms with E-state index in [9.17, 15) is 4.79 Å². The van der Waals surface area contributed by atoms with Crippen LogP contribution < -0.4 is 5.32 Å². The van der Waals surface area contributed by atoms with Gasteiger partial charge in [-0.3, -0.25) is 4.79 Å². The number of carbonyl (C=O) groups is 1. The number of thiophene rings is 1. The summed E-state index contributed by atoms with van der Waals surface area (Å²) in [7, 11) is 0. The van der Waals surface area contributed by atoms with Crippen molar-refractivity contribution in [3.63, 3.8) is 0 Å². The van der Waals surface area contributed by atoms with Gasteiger partial charge in [0.25, 0.3) is 5.91 Å². The van der Waals surface area contributed by atoms with E-state index in [1.165, 1.54) is 25.7 Å². The van der Waals surface area contributed by atoms with Crippen LogP contribution in [0.25, 0.3) is 10.6 Å². The molecule has 0 radical (unpaired) electrons. The third kappa shape index (κ3) is 3.96. The Kier molecular flexibility index (Phi) is 5.24. The molecule has 1 N–H and O–H groups in total. The van der Waals surface area contributed by atoms with Crippen LogP contribution in [0.4, 0.5) is 0 Å². The zero-order valence-corrected chi connectivity index (χ0v) is 13.4. The van der Waals surface area contributed by atoms with Crippen molar-refractivity contribution in [3.05, 3.63) is 29.3 Å². The fourth-order valence-corrected chi connectivity index (χ4v) is 3.37. The van der Waals surface area contributed by atoms with Gasteiger partial charge in [0.05, 0.1) is 4.88 Å². The number of aromatic nitrogens is 1. The topological polar surface area (TPSA) is 58.4 Å². The third-order valence-corrected chi connectivity index (χ3v) is 4.80.